The van der Waals surface area contributed by atoms with Crippen molar-refractivity contribution in [3.8, 4) is 0 Å². The van der Waals surface area contributed by atoms with Gasteiger partial charge < -0.3 is 5.73 Å². The molecule has 0 aromatic rings. The van der Waals surface area contributed by atoms with Crippen LogP contribution in [0.4, 0.5) is 0 Å². The van der Waals surface area contributed by atoms with Crippen LogP contribution in [0.25, 0.3) is 0 Å². The van der Waals surface area contributed by atoms with Gasteiger partial charge in [0.05, 0.1) is 16.8 Å². The summed E-state index contributed by atoms with van der Waals surface area (Å²) < 4.78 is 10.9. The number of carbonyl (C=O) groups is 1. The second-order valence-corrected chi connectivity index (χ2v) is 3.70. The van der Waals surface area contributed by atoms with Gasteiger partial charge in [-0.05, 0) is 0 Å². The van der Waals surface area contributed by atoms with E-state index in [2.05, 4.69) is 19.2 Å². The van der Waals surface area contributed by atoms with E-state index in [1.54, 1.807) is 0 Å². The van der Waals surface area contributed by atoms with Gasteiger partial charge in [0, 0.05) is 11.5 Å². The first-order chi connectivity index (χ1) is 5.13. The summed E-state index contributed by atoms with van der Waals surface area (Å²) in [5.41, 5.74) is 5.29. The molecule has 0 aliphatic heterocycles. The predicted octanol–water partition coefficient (Wildman–Crippen LogP) is -0.295. The van der Waals surface area contributed by atoms with E-state index < -0.39 is 22.0 Å². The molecule has 0 radical (unpaired) electrons. The number of hydrogen-bond acceptors (Lipinski definition) is 4. The smallest absolute Gasteiger partial charge is 0.236 e. The van der Waals surface area contributed by atoms with Gasteiger partial charge in [0.1, 0.15) is 0 Å². The number of nitrogens with two attached hydrogens (primary N) is 1. The molecule has 3 nitrogen and oxygen atoms in total. The molecule has 0 fully saturated rings. The van der Waals surface area contributed by atoms with Crippen molar-refractivity contribution in [2.24, 2.45) is 5.73 Å². The fraction of sp³-hybridized carbons (Fsp3) is 0.500. The molecule has 2 atom stereocenters. The van der Waals surface area contributed by atoms with Crippen molar-refractivity contribution in [3.63, 3.8) is 0 Å². The van der Waals surface area contributed by atoms with E-state index in [0.717, 1.165) is 0 Å². The normalized spacial score (nSPS) is 15.5. The quantitative estimate of drug-likeness (QED) is 0.476. The minimum Gasteiger partial charge on any atom is -0.320 e. The van der Waals surface area contributed by atoms with Crippen molar-refractivity contribution in [1.82, 2.24) is 0 Å². The molecule has 2 N–H and O–H groups in total. The van der Waals surface area contributed by atoms with Crippen LogP contribution in [0, 0.1) is 0 Å². The highest BCUT2D eigenvalue weighted by atomic mass is 32.2. The SMILES string of the molecule is C=CCS(=O)C(=O)[C@@H](N)CS. The Bertz CT molecular complexity index is 181. The summed E-state index contributed by atoms with van der Waals surface area (Å²) in [5.74, 6) is 0.391. The largest absolute Gasteiger partial charge is 0.320 e. The van der Waals surface area contributed by atoms with Crippen molar-refractivity contribution in [3.05, 3.63) is 12.7 Å². The molecule has 0 saturated carbocycles. The second-order valence-electron chi connectivity index (χ2n) is 1.91. The molecular formula is C6H11NO2S2. The van der Waals surface area contributed by atoms with Gasteiger partial charge in [-0.1, -0.05) is 6.08 Å². The maximum atomic E-state index is 10.9. The van der Waals surface area contributed by atoms with Gasteiger partial charge in [-0.2, -0.15) is 12.6 Å². The molecule has 64 valence electrons. The Hall–Kier alpha value is -0.130. The monoisotopic (exact) mass is 193 g/mol. The lowest BCUT2D eigenvalue weighted by Crippen LogP contribution is -2.35. The van der Waals surface area contributed by atoms with Gasteiger partial charge in [0.15, 0.2) is 0 Å². The Morgan fingerprint density at radius 2 is 2.36 bits per heavy atom. The van der Waals surface area contributed by atoms with Gasteiger partial charge in [-0.3, -0.25) is 9.00 Å². The second kappa shape index (κ2) is 5.51. The lowest BCUT2D eigenvalue weighted by molar-refractivity contribution is -0.112. The molecule has 0 rings (SSSR count). The Kier molecular flexibility index (Phi) is 5.45. The Labute approximate surface area is 73.9 Å². The van der Waals surface area contributed by atoms with Crippen LogP contribution in [0.5, 0.6) is 0 Å². The van der Waals surface area contributed by atoms with Crippen LogP contribution in [0.15, 0.2) is 12.7 Å². The first-order valence-corrected chi connectivity index (χ1v) is 4.98. The molecule has 0 saturated heterocycles. The molecule has 0 spiro atoms. The van der Waals surface area contributed by atoms with Crippen LogP contribution in [-0.4, -0.2) is 26.9 Å². The van der Waals surface area contributed by atoms with E-state index in [9.17, 15) is 9.00 Å². The molecule has 1 unspecified atom stereocenters. The maximum absolute atomic E-state index is 10.9. The van der Waals surface area contributed by atoms with E-state index in [4.69, 9.17) is 5.73 Å². The molecule has 11 heavy (non-hydrogen) atoms. The molecule has 0 aliphatic carbocycles. The van der Waals surface area contributed by atoms with Gasteiger partial charge in [-0.15, -0.1) is 6.58 Å². The highest BCUT2D eigenvalue weighted by Crippen LogP contribution is 1.93. The van der Waals surface area contributed by atoms with Crippen molar-refractivity contribution < 1.29 is 9.00 Å². The van der Waals surface area contributed by atoms with Crippen molar-refractivity contribution in [2.45, 2.75) is 6.04 Å². The lowest BCUT2D eigenvalue weighted by atomic mass is 10.4. The minimum atomic E-state index is -1.53. The molecule has 0 amide bonds. The maximum Gasteiger partial charge on any atom is 0.236 e. The average molecular weight is 193 g/mol. The van der Waals surface area contributed by atoms with E-state index in [1.807, 2.05) is 0 Å². The molecule has 0 aliphatic rings. The summed E-state index contributed by atoms with van der Waals surface area (Å²) in [6, 6.07) is -0.723. The summed E-state index contributed by atoms with van der Waals surface area (Å²) in [6.07, 6.45) is 1.43. The first kappa shape index (κ1) is 10.9. The Morgan fingerprint density at radius 1 is 1.82 bits per heavy atom. The van der Waals surface area contributed by atoms with Gasteiger partial charge in [0.2, 0.25) is 5.12 Å². The van der Waals surface area contributed by atoms with E-state index in [1.165, 1.54) is 6.08 Å². The highest BCUT2D eigenvalue weighted by molar-refractivity contribution is 8.00. The van der Waals surface area contributed by atoms with Crippen LogP contribution in [-0.2, 0) is 15.6 Å². The number of thiol groups is 1. The number of hydrogen-bond donors (Lipinski definition) is 2. The molecular weight excluding hydrogens is 182 g/mol. The van der Waals surface area contributed by atoms with Crippen molar-refractivity contribution in [2.75, 3.05) is 11.5 Å². The van der Waals surface area contributed by atoms with E-state index >= 15 is 0 Å². The first-order valence-electron chi connectivity index (χ1n) is 3.03. The standard InChI is InChI=1S/C6H11NO2S2/c1-2-3-11(9)6(8)5(7)4-10/h2,5,10H,1,3-4,7H2/t5-,11?/m0/s1. The summed E-state index contributed by atoms with van der Waals surface area (Å²) in [5, 5.41) is -0.458. The average Bonchev–Trinajstić information content (AvgIpc) is 2.02. The van der Waals surface area contributed by atoms with Gasteiger partial charge in [0.25, 0.3) is 0 Å². The Balaban J connectivity index is 4.02. The van der Waals surface area contributed by atoms with Crippen LogP contribution in [0.1, 0.15) is 0 Å². The fourth-order valence-corrected chi connectivity index (χ4v) is 1.52. The van der Waals surface area contributed by atoms with Crippen LogP contribution in [0.2, 0.25) is 0 Å². The summed E-state index contributed by atoms with van der Waals surface area (Å²) in [7, 11) is -1.53. The zero-order valence-electron chi connectivity index (χ0n) is 6.03. The lowest BCUT2D eigenvalue weighted by Gasteiger charge is -2.03. The molecule has 0 bridgehead atoms. The zero-order chi connectivity index (χ0) is 8.85. The zero-order valence-corrected chi connectivity index (χ0v) is 7.74. The minimum absolute atomic E-state index is 0.167. The number of rotatable bonds is 4. The van der Waals surface area contributed by atoms with E-state index in [0.29, 0.717) is 0 Å². The summed E-state index contributed by atoms with van der Waals surface area (Å²) in [4.78, 5) is 10.9. The molecule has 5 heteroatoms. The summed E-state index contributed by atoms with van der Waals surface area (Å²) >= 11 is 3.81. The van der Waals surface area contributed by atoms with Gasteiger partial charge in [-0.25, -0.2) is 0 Å². The third-order valence-electron chi connectivity index (χ3n) is 0.993. The highest BCUT2D eigenvalue weighted by Gasteiger charge is 2.17. The van der Waals surface area contributed by atoms with Crippen LogP contribution < -0.4 is 5.73 Å². The van der Waals surface area contributed by atoms with Gasteiger partial charge >= 0.3 is 0 Å². The third-order valence-corrected chi connectivity index (χ3v) is 2.68. The molecule has 0 heterocycles. The fourth-order valence-electron chi connectivity index (χ4n) is 0.433. The van der Waals surface area contributed by atoms with E-state index in [-0.39, 0.29) is 11.5 Å². The third kappa shape index (κ3) is 3.69. The molecule has 0 aromatic heterocycles. The van der Waals surface area contributed by atoms with Crippen LogP contribution >= 0.6 is 12.6 Å². The summed E-state index contributed by atoms with van der Waals surface area (Å²) in [6.45, 7) is 3.36. The Morgan fingerprint density at radius 3 is 2.73 bits per heavy atom. The predicted molar refractivity (Wildman–Crippen MR) is 50.0 cm³/mol. The van der Waals surface area contributed by atoms with Crippen molar-refractivity contribution in [1.29, 1.82) is 0 Å². The number of carbonyl (C=O) groups excluding carboxylic acids is 1. The molecule has 0 aromatic carbocycles. The van der Waals surface area contributed by atoms with Crippen molar-refractivity contribution >= 4 is 28.5 Å². The topological polar surface area (TPSA) is 60.2 Å². The van der Waals surface area contributed by atoms with Crippen LogP contribution in [0.3, 0.4) is 0 Å².